The largest absolute Gasteiger partial charge is 0.330 e. The summed E-state index contributed by atoms with van der Waals surface area (Å²) < 4.78 is 26.4. The van der Waals surface area contributed by atoms with E-state index in [1.807, 2.05) is 0 Å². The van der Waals surface area contributed by atoms with Crippen LogP contribution in [0.2, 0.25) is 0 Å². The molecule has 0 aromatic heterocycles. The Balaban J connectivity index is 2.89. The third-order valence-electron chi connectivity index (χ3n) is 2.37. The maximum absolute atomic E-state index is 13.8. The summed E-state index contributed by atoms with van der Waals surface area (Å²) in [6.45, 7) is 3.76. The fourth-order valence-corrected chi connectivity index (χ4v) is 1.19. The molecule has 1 aromatic rings. The van der Waals surface area contributed by atoms with Crippen LogP contribution in [0.25, 0.3) is 0 Å². The topological polar surface area (TPSA) is 26.0 Å². The highest BCUT2D eigenvalue weighted by molar-refractivity contribution is 5.20. The highest BCUT2D eigenvalue weighted by Gasteiger charge is 2.29. The van der Waals surface area contributed by atoms with Crippen LogP contribution in [0.1, 0.15) is 25.6 Å². The number of rotatable bonds is 3. The Bertz CT molecular complexity index is 293. The van der Waals surface area contributed by atoms with Gasteiger partial charge >= 0.3 is 0 Å². The average molecular weight is 199 g/mol. The molecule has 1 aromatic carbocycles. The van der Waals surface area contributed by atoms with Crippen LogP contribution >= 0.6 is 0 Å². The molecule has 1 rings (SSSR count). The molecule has 2 N–H and O–H groups in total. The molecule has 14 heavy (non-hydrogen) atoms. The molecule has 1 atom stereocenters. The number of nitrogens with two attached hydrogens (primary N) is 1. The van der Waals surface area contributed by atoms with Crippen molar-refractivity contribution in [3.8, 4) is 0 Å². The Labute approximate surface area is 82.9 Å². The zero-order valence-corrected chi connectivity index (χ0v) is 8.43. The number of hydrogen-bond donors (Lipinski definition) is 1. The molecule has 0 spiro atoms. The number of hydrogen-bond acceptors (Lipinski definition) is 1. The predicted octanol–water partition coefficient (Wildman–Crippen LogP) is 2.82. The molecule has 78 valence electrons. The van der Waals surface area contributed by atoms with Gasteiger partial charge in [0.05, 0.1) is 0 Å². The standard InChI is InChI=1S/C11H15F2N/c1-11(2,7-14)10(13)8-3-5-9(12)6-4-8/h3-6,10H,7,14H2,1-2H3. The highest BCUT2D eigenvalue weighted by atomic mass is 19.1. The Morgan fingerprint density at radius 3 is 2.21 bits per heavy atom. The van der Waals surface area contributed by atoms with Gasteiger partial charge in [-0.05, 0) is 17.7 Å². The first kappa shape index (κ1) is 11.1. The maximum Gasteiger partial charge on any atom is 0.131 e. The minimum absolute atomic E-state index is 0.255. The third kappa shape index (κ3) is 2.29. The molecule has 0 heterocycles. The number of halogens is 2. The van der Waals surface area contributed by atoms with E-state index in [1.54, 1.807) is 13.8 Å². The lowest BCUT2D eigenvalue weighted by atomic mass is 9.84. The summed E-state index contributed by atoms with van der Waals surface area (Å²) in [4.78, 5) is 0. The second-order valence-electron chi connectivity index (χ2n) is 4.11. The van der Waals surface area contributed by atoms with Crippen molar-refractivity contribution in [1.29, 1.82) is 0 Å². The van der Waals surface area contributed by atoms with Crippen LogP contribution in [0.4, 0.5) is 8.78 Å². The first-order chi connectivity index (χ1) is 6.47. The van der Waals surface area contributed by atoms with E-state index < -0.39 is 11.6 Å². The zero-order valence-electron chi connectivity index (χ0n) is 8.43. The molecule has 1 unspecified atom stereocenters. The second kappa shape index (κ2) is 4.05. The van der Waals surface area contributed by atoms with E-state index in [0.717, 1.165) is 0 Å². The monoisotopic (exact) mass is 199 g/mol. The predicted molar refractivity (Wildman–Crippen MR) is 53.1 cm³/mol. The van der Waals surface area contributed by atoms with Gasteiger partial charge in [-0.3, -0.25) is 0 Å². The number of alkyl halides is 1. The van der Waals surface area contributed by atoms with Crippen LogP contribution in [-0.4, -0.2) is 6.54 Å². The molecular formula is C11H15F2N. The van der Waals surface area contributed by atoms with E-state index >= 15 is 0 Å². The molecule has 1 nitrogen and oxygen atoms in total. The molecule has 0 radical (unpaired) electrons. The fourth-order valence-electron chi connectivity index (χ4n) is 1.19. The summed E-state index contributed by atoms with van der Waals surface area (Å²) in [6.07, 6.45) is -1.16. The van der Waals surface area contributed by atoms with Crippen LogP contribution in [0.3, 0.4) is 0 Å². The molecule has 0 aliphatic carbocycles. The van der Waals surface area contributed by atoms with Crippen molar-refractivity contribution in [2.45, 2.75) is 20.0 Å². The summed E-state index contributed by atoms with van der Waals surface area (Å²) in [5.74, 6) is -0.355. The van der Waals surface area contributed by atoms with Gasteiger partial charge in [0.15, 0.2) is 0 Å². The Morgan fingerprint density at radius 1 is 1.29 bits per heavy atom. The normalized spacial score (nSPS) is 14.1. The van der Waals surface area contributed by atoms with Gasteiger partial charge < -0.3 is 5.73 Å². The van der Waals surface area contributed by atoms with Gasteiger partial charge in [0.2, 0.25) is 0 Å². The van der Waals surface area contributed by atoms with E-state index in [2.05, 4.69) is 0 Å². The Morgan fingerprint density at radius 2 is 1.79 bits per heavy atom. The van der Waals surface area contributed by atoms with Crippen LogP contribution in [-0.2, 0) is 0 Å². The summed E-state index contributed by atoms with van der Waals surface area (Å²) in [6, 6.07) is 5.43. The maximum atomic E-state index is 13.8. The van der Waals surface area contributed by atoms with Crippen molar-refractivity contribution in [2.24, 2.45) is 11.1 Å². The van der Waals surface area contributed by atoms with Crippen molar-refractivity contribution in [3.63, 3.8) is 0 Å². The summed E-state index contributed by atoms with van der Waals surface area (Å²) in [5, 5.41) is 0. The van der Waals surface area contributed by atoms with E-state index in [4.69, 9.17) is 5.73 Å². The lowest BCUT2D eigenvalue weighted by molar-refractivity contribution is 0.153. The Hall–Kier alpha value is -0.960. The number of benzene rings is 1. The molecule has 0 saturated carbocycles. The summed E-state index contributed by atoms with van der Waals surface area (Å²) in [7, 11) is 0. The van der Waals surface area contributed by atoms with Gasteiger partial charge in [-0.1, -0.05) is 26.0 Å². The molecule has 0 aliphatic heterocycles. The third-order valence-corrected chi connectivity index (χ3v) is 2.37. The molecule has 0 aliphatic rings. The first-order valence-electron chi connectivity index (χ1n) is 4.57. The summed E-state index contributed by atoms with van der Waals surface area (Å²) in [5.41, 5.74) is 5.32. The molecule has 0 bridgehead atoms. The Kier molecular flexibility index (Phi) is 3.21. The minimum Gasteiger partial charge on any atom is -0.330 e. The molecular weight excluding hydrogens is 184 g/mol. The second-order valence-corrected chi connectivity index (χ2v) is 4.11. The summed E-state index contributed by atoms with van der Waals surface area (Å²) >= 11 is 0. The fraction of sp³-hybridized carbons (Fsp3) is 0.455. The lowest BCUT2D eigenvalue weighted by Gasteiger charge is -2.27. The highest BCUT2D eigenvalue weighted by Crippen LogP contribution is 2.35. The van der Waals surface area contributed by atoms with Crippen LogP contribution < -0.4 is 5.73 Å². The van der Waals surface area contributed by atoms with E-state index in [0.29, 0.717) is 5.56 Å². The van der Waals surface area contributed by atoms with E-state index in [9.17, 15) is 8.78 Å². The van der Waals surface area contributed by atoms with Gasteiger partial charge in [0.1, 0.15) is 12.0 Å². The zero-order chi connectivity index (χ0) is 10.8. The van der Waals surface area contributed by atoms with Gasteiger partial charge in [0, 0.05) is 12.0 Å². The van der Waals surface area contributed by atoms with Crippen molar-refractivity contribution in [3.05, 3.63) is 35.6 Å². The molecule has 0 amide bonds. The van der Waals surface area contributed by atoms with Crippen molar-refractivity contribution < 1.29 is 8.78 Å². The SMILES string of the molecule is CC(C)(CN)C(F)c1ccc(F)cc1. The molecule has 3 heteroatoms. The minimum atomic E-state index is -1.16. The average Bonchev–Trinajstić information content (AvgIpc) is 2.18. The lowest BCUT2D eigenvalue weighted by Crippen LogP contribution is -2.28. The first-order valence-corrected chi connectivity index (χ1v) is 4.57. The van der Waals surface area contributed by atoms with Crippen LogP contribution in [0.5, 0.6) is 0 Å². The van der Waals surface area contributed by atoms with Gasteiger partial charge in [-0.25, -0.2) is 8.78 Å². The van der Waals surface area contributed by atoms with E-state index in [1.165, 1.54) is 24.3 Å². The van der Waals surface area contributed by atoms with Gasteiger partial charge in [-0.15, -0.1) is 0 Å². The van der Waals surface area contributed by atoms with Gasteiger partial charge in [0.25, 0.3) is 0 Å². The van der Waals surface area contributed by atoms with Crippen molar-refractivity contribution in [2.75, 3.05) is 6.54 Å². The smallest absolute Gasteiger partial charge is 0.131 e. The van der Waals surface area contributed by atoms with Gasteiger partial charge in [-0.2, -0.15) is 0 Å². The van der Waals surface area contributed by atoms with Crippen LogP contribution in [0.15, 0.2) is 24.3 Å². The van der Waals surface area contributed by atoms with E-state index in [-0.39, 0.29) is 12.4 Å². The van der Waals surface area contributed by atoms with Crippen molar-refractivity contribution in [1.82, 2.24) is 0 Å². The van der Waals surface area contributed by atoms with Crippen molar-refractivity contribution >= 4 is 0 Å². The van der Waals surface area contributed by atoms with Crippen LogP contribution in [0, 0.1) is 11.2 Å². The molecule has 0 saturated heterocycles. The molecule has 0 fully saturated rings. The quantitative estimate of drug-likeness (QED) is 0.795.